The highest BCUT2D eigenvalue weighted by atomic mass is 14.9. The highest BCUT2D eigenvalue weighted by Gasteiger charge is 2.19. The maximum absolute atomic E-state index is 3.57. The Morgan fingerprint density at radius 2 is 1.72 bits per heavy atom. The molecule has 1 heteroatoms. The van der Waals surface area contributed by atoms with Gasteiger partial charge < -0.3 is 5.32 Å². The Hall–Kier alpha value is -1.50. The third-order valence-corrected chi connectivity index (χ3v) is 3.02. The van der Waals surface area contributed by atoms with Crippen molar-refractivity contribution in [3.05, 3.63) is 59.3 Å². The summed E-state index contributed by atoms with van der Waals surface area (Å²) in [4.78, 5) is 0. The van der Waals surface area contributed by atoms with Gasteiger partial charge in [-0.2, -0.15) is 0 Å². The molecule has 0 spiro atoms. The van der Waals surface area contributed by atoms with E-state index in [9.17, 15) is 0 Å². The van der Waals surface area contributed by atoms with Crippen molar-refractivity contribution in [2.45, 2.75) is 46.6 Å². The van der Waals surface area contributed by atoms with Crippen LogP contribution in [0.1, 0.15) is 38.8 Å². The van der Waals surface area contributed by atoms with Gasteiger partial charge in [0.05, 0.1) is 0 Å². The van der Waals surface area contributed by atoms with E-state index in [0.717, 1.165) is 12.8 Å². The van der Waals surface area contributed by atoms with Gasteiger partial charge >= 0.3 is 0 Å². The summed E-state index contributed by atoms with van der Waals surface area (Å²) >= 11 is 0. The molecule has 0 aliphatic heterocycles. The molecule has 1 aliphatic rings. The lowest BCUT2D eigenvalue weighted by Crippen LogP contribution is -2.27. The number of allylic oxidation sites excluding steroid dienone is 4. The van der Waals surface area contributed by atoms with Crippen LogP contribution in [0.15, 0.2) is 48.2 Å². The van der Waals surface area contributed by atoms with Crippen LogP contribution in [0.25, 0.3) is 0 Å². The molecule has 0 saturated heterocycles. The summed E-state index contributed by atoms with van der Waals surface area (Å²) in [5.74, 6) is 0. The average Bonchev–Trinajstić information content (AvgIpc) is 2.80. The van der Waals surface area contributed by atoms with Crippen molar-refractivity contribution in [2.24, 2.45) is 0 Å². The molecule has 1 N–H and O–H groups in total. The minimum absolute atomic E-state index is 0.568. The molecule has 0 heterocycles. The number of rotatable bonds is 3. The summed E-state index contributed by atoms with van der Waals surface area (Å²) in [5, 5.41) is 3.57. The molecule has 1 aliphatic carbocycles. The molecule has 0 atom stereocenters. The van der Waals surface area contributed by atoms with Crippen LogP contribution in [0.3, 0.4) is 0 Å². The van der Waals surface area contributed by atoms with Gasteiger partial charge in [0.1, 0.15) is 0 Å². The third-order valence-electron chi connectivity index (χ3n) is 3.02. The zero-order valence-electron chi connectivity index (χ0n) is 12.0. The number of benzene rings is 1. The second-order valence-corrected chi connectivity index (χ2v) is 4.39. The van der Waals surface area contributed by atoms with Gasteiger partial charge in [-0.1, -0.05) is 50.3 Å². The standard InChI is InChI=1S/C15H19N.C2H6/c1-3-4-7-12(2)16-15-10-13-8-5-6-9-14(13)11-15;1-2/h3-9,15-16H,10-11H2,1-2H3;1-2H3/b4-3-,12-7+;. The summed E-state index contributed by atoms with van der Waals surface area (Å²) in [6, 6.07) is 9.30. The van der Waals surface area contributed by atoms with Gasteiger partial charge in [0.25, 0.3) is 0 Å². The van der Waals surface area contributed by atoms with Crippen molar-refractivity contribution < 1.29 is 0 Å². The predicted octanol–water partition coefficient (Wildman–Crippen LogP) is 4.25. The topological polar surface area (TPSA) is 12.0 Å². The zero-order chi connectivity index (χ0) is 13.4. The van der Waals surface area contributed by atoms with Crippen molar-refractivity contribution >= 4 is 0 Å². The molecule has 18 heavy (non-hydrogen) atoms. The van der Waals surface area contributed by atoms with E-state index in [2.05, 4.69) is 54.7 Å². The van der Waals surface area contributed by atoms with Crippen LogP contribution in [0.4, 0.5) is 0 Å². The van der Waals surface area contributed by atoms with E-state index in [4.69, 9.17) is 0 Å². The fourth-order valence-electron chi connectivity index (χ4n) is 2.27. The number of nitrogens with one attached hydrogen (secondary N) is 1. The van der Waals surface area contributed by atoms with Gasteiger partial charge in [-0.15, -0.1) is 0 Å². The van der Waals surface area contributed by atoms with Crippen molar-refractivity contribution in [3.8, 4) is 0 Å². The van der Waals surface area contributed by atoms with Gasteiger partial charge in [-0.3, -0.25) is 0 Å². The Bertz CT molecular complexity index is 390. The zero-order valence-corrected chi connectivity index (χ0v) is 12.0. The minimum Gasteiger partial charge on any atom is -0.385 e. The van der Waals surface area contributed by atoms with Gasteiger partial charge in [0.2, 0.25) is 0 Å². The first-order valence-electron chi connectivity index (χ1n) is 6.92. The second-order valence-electron chi connectivity index (χ2n) is 4.39. The lowest BCUT2D eigenvalue weighted by molar-refractivity contribution is 0.596. The quantitative estimate of drug-likeness (QED) is 0.783. The second kappa shape index (κ2) is 7.75. The van der Waals surface area contributed by atoms with Crippen LogP contribution in [0.2, 0.25) is 0 Å². The molecule has 0 fully saturated rings. The number of fused-ring (bicyclic) bond motifs is 1. The number of hydrogen-bond acceptors (Lipinski definition) is 1. The van der Waals surface area contributed by atoms with Gasteiger partial charge in [0.15, 0.2) is 0 Å². The van der Waals surface area contributed by atoms with E-state index in [1.54, 1.807) is 0 Å². The third kappa shape index (κ3) is 4.06. The van der Waals surface area contributed by atoms with Crippen LogP contribution in [-0.2, 0) is 12.8 Å². The minimum atomic E-state index is 0.568. The molecule has 1 aromatic rings. The Morgan fingerprint density at radius 1 is 1.17 bits per heavy atom. The fraction of sp³-hybridized carbons (Fsp3) is 0.412. The average molecular weight is 243 g/mol. The Labute approximate surface area is 112 Å². The first-order chi connectivity index (χ1) is 8.79. The van der Waals surface area contributed by atoms with Gasteiger partial charge in [-0.25, -0.2) is 0 Å². The molecule has 0 amide bonds. The van der Waals surface area contributed by atoms with Crippen LogP contribution in [0.5, 0.6) is 0 Å². The van der Waals surface area contributed by atoms with Gasteiger partial charge in [0, 0.05) is 11.7 Å². The summed E-state index contributed by atoms with van der Waals surface area (Å²) < 4.78 is 0. The van der Waals surface area contributed by atoms with E-state index in [0.29, 0.717) is 6.04 Å². The normalized spacial score (nSPS) is 15.2. The highest BCUT2D eigenvalue weighted by molar-refractivity contribution is 5.33. The monoisotopic (exact) mass is 243 g/mol. The molecular formula is C17H25N. The fourth-order valence-corrected chi connectivity index (χ4v) is 2.27. The molecule has 1 nitrogen and oxygen atoms in total. The molecule has 0 radical (unpaired) electrons. The first kappa shape index (κ1) is 14.6. The Kier molecular flexibility index (Phi) is 6.27. The highest BCUT2D eigenvalue weighted by Crippen LogP contribution is 2.22. The maximum Gasteiger partial charge on any atom is 0.0339 e. The van der Waals surface area contributed by atoms with Crippen LogP contribution in [0, 0.1) is 0 Å². The number of hydrogen-bond donors (Lipinski definition) is 1. The van der Waals surface area contributed by atoms with Crippen molar-refractivity contribution in [2.75, 3.05) is 0 Å². The van der Waals surface area contributed by atoms with Crippen LogP contribution in [-0.4, -0.2) is 6.04 Å². The van der Waals surface area contributed by atoms with Crippen molar-refractivity contribution in [1.29, 1.82) is 0 Å². The summed E-state index contributed by atoms with van der Waals surface area (Å²) in [6.07, 6.45) is 8.55. The molecule has 0 saturated carbocycles. The van der Waals surface area contributed by atoms with E-state index in [1.165, 1.54) is 16.8 Å². The summed E-state index contributed by atoms with van der Waals surface area (Å²) in [7, 11) is 0. The summed E-state index contributed by atoms with van der Waals surface area (Å²) in [5.41, 5.74) is 4.24. The molecule has 1 aromatic carbocycles. The van der Waals surface area contributed by atoms with Crippen molar-refractivity contribution in [1.82, 2.24) is 5.32 Å². The van der Waals surface area contributed by atoms with Gasteiger partial charge in [-0.05, 0) is 43.9 Å². The molecular weight excluding hydrogens is 218 g/mol. The van der Waals surface area contributed by atoms with E-state index in [1.807, 2.05) is 20.8 Å². The summed E-state index contributed by atoms with van der Waals surface area (Å²) in [6.45, 7) is 8.16. The SMILES string of the molecule is C/C=C\C=C(/C)NC1Cc2ccccc2C1.CC. The van der Waals surface area contributed by atoms with Crippen molar-refractivity contribution in [3.63, 3.8) is 0 Å². The Morgan fingerprint density at radius 3 is 2.22 bits per heavy atom. The maximum atomic E-state index is 3.57. The lowest BCUT2D eigenvalue weighted by Gasteiger charge is -2.13. The van der Waals surface area contributed by atoms with E-state index >= 15 is 0 Å². The lowest BCUT2D eigenvalue weighted by atomic mass is 10.1. The van der Waals surface area contributed by atoms with E-state index in [-0.39, 0.29) is 0 Å². The molecule has 0 unspecified atom stereocenters. The predicted molar refractivity (Wildman–Crippen MR) is 80.7 cm³/mol. The molecule has 0 aromatic heterocycles. The molecule has 98 valence electrons. The van der Waals surface area contributed by atoms with E-state index < -0.39 is 0 Å². The van der Waals surface area contributed by atoms with Crippen LogP contribution >= 0.6 is 0 Å². The van der Waals surface area contributed by atoms with Crippen LogP contribution < -0.4 is 5.32 Å². The Balaban J connectivity index is 0.000000771. The molecule has 0 bridgehead atoms. The largest absolute Gasteiger partial charge is 0.385 e. The smallest absolute Gasteiger partial charge is 0.0339 e. The first-order valence-corrected chi connectivity index (χ1v) is 6.92. The molecule has 2 rings (SSSR count).